The largest absolute Gasteiger partial charge is 0.368 e. The van der Waals surface area contributed by atoms with E-state index >= 15 is 0 Å². The average Bonchev–Trinajstić information content (AvgIpc) is 3.51. The van der Waals surface area contributed by atoms with Gasteiger partial charge in [-0.05, 0) is 30.7 Å². The Balaban J connectivity index is 1.29. The maximum atomic E-state index is 13.7. The van der Waals surface area contributed by atoms with E-state index in [0.29, 0.717) is 19.5 Å². The van der Waals surface area contributed by atoms with Crippen molar-refractivity contribution in [1.82, 2.24) is 4.90 Å². The minimum atomic E-state index is -0.466. The summed E-state index contributed by atoms with van der Waals surface area (Å²) in [4.78, 5) is 29.1. The third-order valence-electron chi connectivity index (χ3n) is 5.29. The van der Waals surface area contributed by atoms with Gasteiger partial charge in [-0.15, -0.1) is 0 Å². The van der Waals surface area contributed by atoms with Gasteiger partial charge in [0, 0.05) is 31.9 Å². The SMILES string of the molecule is O=C(Nc1ccccc1F)C1CC1C(=O)N1CCN(c2ccccc2)CC1. The molecule has 0 bridgehead atoms. The highest BCUT2D eigenvalue weighted by Crippen LogP contribution is 2.41. The third-order valence-corrected chi connectivity index (χ3v) is 5.29. The van der Waals surface area contributed by atoms with Crippen LogP contribution in [0.15, 0.2) is 54.6 Å². The van der Waals surface area contributed by atoms with Crippen LogP contribution in [0.2, 0.25) is 0 Å². The lowest BCUT2D eigenvalue weighted by atomic mass is 10.2. The lowest BCUT2D eigenvalue weighted by molar-refractivity contribution is -0.134. The van der Waals surface area contributed by atoms with Crippen molar-refractivity contribution in [2.45, 2.75) is 6.42 Å². The van der Waals surface area contributed by atoms with E-state index in [4.69, 9.17) is 0 Å². The summed E-state index contributed by atoms with van der Waals surface area (Å²) in [7, 11) is 0. The molecule has 2 fully saturated rings. The number of piperazine rings is 1. The second-order valence-corrected chi connectivity index (χ2v) is 7.07. The molecule has 2 aromatic carbocycles. The number of nitrogens with zero attached hydrogens (tertiary/aromatic N) is 2. The van der Waals surface area contributed by atoms with E-state index in [1.54, 1.807) is 12.1 Å². The monoisotopic (exact) mass is 367 g/mol. The molecule has 5 nitrogen and oxygen atoms in total. The molecule has 1 heterocycles. The van der Waals surface area contributed by atoms with Gasteiger partial charge in [-0.2, -0.15) is 0 Å². The molecular formula is C21H22FN3O2. The molecule has 1 saturated heterocycles. The molecule has 1 aliphatic heterocycles. The summed E-state index contributed by atoms with van der Waals surface area (Å²) in [5.74, 6) is -1.34. The number of carbonyl (C=O) groups excluding carboxylic acids is 2. The lowest BCUT2D eigenvalue weighted by Crippen LogP contribution is -2.49. The number of benzene rings is 2. The molecule has 1 saturated carbocycles. The summed E-state index contributed by atoms with van der Waals surface area (Å²) in [6, 6.07) is 16.2. The number of anilines is 2. The van der Waals surface area contributed by atoms with Crippen molar-refractivity contribution in [1.29, 1.82) is 0 Å². The highest BCUT2D eigenvalue weighted by molar-refractivity contribution is 5.99. The molecule has 0 aromatic heterocycles. The molecule has 27 heavy (non-hydrogen) atoms. The number of hydrogen-bond donors (Lipinski definition) is 1. The predicted molar refractivity (Wildman–Crippen MR) is 102 cm³/mol. The van der Waals surface area contributed by atoms with Crippen LogP contribution in [0.4, 0.5) is 15.8 Å². The summed E-state index contributed by atoms with van der Waals surface area (Å²) in [6.07, 6.45) is 0.540. The summed E-state index contributed by atoms with van der Waals surface area (Å²) in [5.41, 5.74) is 1.33. The molecule has 2 atom stereocenters. The Kier molecular flexibility index (Phi) is 4.79. The summed E-state index contributed by atoms with van der Waals surface area (Å²) in [5, 5.41) is 2.60. The molecule has 2 amide bonds. The molecule has 2 aromatic rings. The molecule has 140 valence electrons. The van der Waals surface area contributed by atoms with Crippen LogP contribution in [0.25, 0.3) is 0 Å². The Labute approximate surface area is 157 Å². The maximum Gasteiger partial charge on any atom is 0.228 e. The molecular weight excluding hydrogens is 345 g/mol. The van der Waals surface area contributed by atoms with Crippen molar-refractivity contribution in [3.8, 4) is 0 Å². The van der Waals surface area contributed by atoms with Crippen molar-refractivity contribution in [3.63, 3.8) is 0 Å². The van der Waals surface area contributed by atoms with Gasteiger partial charge in [0.2, 0.25) is 11.8 Å². The van der Waals surface area contributed by atoms with E-state index in [2.05, 4.69) is 22.3 Å². The van der Waals surface area contributed by atoms with Crippen LogP contribution in [0.1, 0.15) is 6.42 Å². The minimum Gasteiger partial charge on any atom is -0.368 e. The number of rotatable bonds is 4. The molecule has 1 aliphatic carbocycles. The first-order chi connectivity index (χ1) is 13.1. The number of amides is 2. The van der Waals surface area contributed by atoms with Gasteiger partial charge >= 0.3 is 0 Å². The van der Waals surface area contributed by atoms with E-state index in [-0.39, 0.29) is 29.3 Å². The average molecular weight is 367 g/mol. The quantitative estimate of drug-likeness (QED) is 0.904. The molecule has 4 rings (SSSR count). The molecule has 1 N–H and O–H groups in total. The summed E-state index contributed by atoms with van der Waals surface area (Å²) >= 11 is 0. The summed E-state index contributed by atoms with van der Waals surface area (Å²) in [6.45, 7) is 2.89. The van der Waals surface area contributed by atoms with Crippen LogP contribution in [0.5, 0.6) is 0 Å². The normalized spacial score (nSPS) is 21.7. The van der Waals surface area contributed by atoms with Crippen LogP contribution in [-0.4, -0.2) is 42.9 Å². The molecule has 2 unspecified atom stereocenters. The standard InChI is InChI=1S/C21H22FN3O2/c22-18-8-4-5-9-19(18)23-20(26)16-14-17(16)21(27)25-12-10-24(11-13-25)15-6-2-1-3-7-15/h1-9,16-17H,10-14H2,(H,23,26). The van der Waals surface area contributed by atoms with Crippen molar-refractivity contribution in [2.75, 3.05) is 36.4 Å². The van der Waals surface area contributed by atoms with E-state index in [9.17, 15) is 14.0 Å². The molecule has 2 aliphatic rings. The third kappa shape index (κ3) is 3.79. The summed E-state index contributed by atoms with van der Waals surface area (Å²) < 4.78 is 13.7. The number of halogens is 1. The van der Waals surface area contributed by atoms with Gasteiger partial charge in [0.1, 0.15) is 5.82 Å². The molecule has 6 heteroatoms. The predicted octanol–water partition coefficient (Wildman–Crippen LogP) is 2.75. The highest BCUT2D eigenvalue weighted by atomic mass is 19.1. The zero-order valence-corrected chi connectivity index (χ0v) is 15.0. The van der Waals surface area contributed by atoms with Gasteiger partial charge in [0.25, 0.3) is 0 Å². The molecule has 0 spiro atoms. The smallest absolute Gasteiger partial charge is 0.228 e. The number of para-hydroxylation sites is 2. The Hall–Kier alpha value is -2.89. The van der Waals surface area contributed by atoms with E-state index in [1.807, 2.05) is 23.1 Å². The van der Waals surface area contributed by atoms with Crippen molar-refractivity contribution in [3.05, 3.63) is 60.4 Å². The van der Waals surface area contributed by atoms with Gasteiger partial charge in [-0.25, -0.2) is 4.39 Å². The Morgan fingerprint density at radius 1 is 0.889 bits per heavy atom. The first-order valence-electron chi connectivity index (χ1n) is 9.27. The maximum absolute atomic E-state index is 13.7. The van der Waals surface area contributed by atoms with E-state index < -0.39 is 5.82 Å². The van der Waals surface area contributed by atoms with Gasteiger partial charge < -0.3 is 15.1 Å². The van der Waals surface area contributed by atoms with Crippen LogP contribution in [-0.2, 0) is 9.59 Å². The second kappa shape index (κ2) is 7.39. The van der Waals surface area contributed by atoms with Crippen LogP contribution >= 0.6 is 0 Å². The zero-order valence-electron chi connectivity index (χ0n) is 15.0. The second-order valence-electron chi connectivity index (χ2n) is 7.07. The van der Waals surface area contributed by atoms with E-state index in [0.717, 1.165) is 18.8 Å². The van der Waals surface area contributed by atoms with Gasteiger partial charge in [0.15, 0.2) is 0 Å². The number of carbonyl (C=O) groups is 2. The lowest BCUT2D eigenvalue weighted by Gasteiger charge is -2.36. The fraction of sp³-hybridized carbons (Fsp3) is 0.333. The number of hydrogen-bond acceptors (Lipinski definition) is 3. The van der Waals surface area contributed by atoms with Crippen molar-refractivity contribution >= 4 is 23.2 Å². The first kappa shape index (κ1) is 17.5. The Morgan fingerprint density at radius 3 is 2.26 bits per heavy atom. The van der Waals surface area contributed by atoms with Gasteiger partial charge in [-0.1, -0.05) is 30.3 Å². The Morgan fingerprint density at radius 2 is 1.56 bits per heavy atom. The minimum absolute atomic E-state index is 0.0383. The number of nitrogens with one attached hydrogen (secondary N) is 1. The van der Waals surface area contributed by atoms with Gasteiger partial charge in [0.05, 0.1) is 17.5 Å². The topological polar surface area (TPSA) is 52.7 Å². The molecule has 0 radical (unpaired) electrons. The van der Waals surface area contributed by atoms with Crippen LogP contribution in [0.3, 0.4) is 0 Å². The Bertz CT molecular complexity index is 834. The van der Waals surface area contributed by atoms with Crippen molar-refractivity contribution in [2.24, 2.45) is 11.8 Å². The van der Waals surface area contributed by atoms with Gasteiger partial charge in [-0.3, -0.25) is 9.59 Å². The van der Waals surface area contributed by atoms with Crippen LogP contribution in [0, 0.1) is 17.7 Å². The highest BCUT2D eigenvalue weighted by Gasteiger charge is 2.49. The fourth-order valence-electron chi connectivity index (χ4n) is 3.60. The van der Waals surface area contributed by atoms with Crippen molar-refractivity contribution < 1.29 is 14.0 Å². The van der Waals surface area contributed by atoms with E-state index in [1.165, 1.54) is 12.1 Å². The van der Waals surface area contributed by atoms with Crippen LogP contribution < -0.4 is 10.2 Å². The first-order valence-corrected chi connectivity index (χ1v) is 9.27. The fourth-order valence-corrected chi connectivity index (χ4v) is 3.60. The zero-order chi connectivity index (χ0) is 18.8.